The van der Waals surface area contributed by atoms with Crippen LogP contribution in [0, 0.1) is 0 Å². The van der Waals surface area contributed by atoms with Crippen molar-refractivity contribution in [3.63, 3.8) is 0 Å². The van der Waals surface area contributed by atoms with Crippen LogP contribution in [0.2, 0.25) is 10.0 Å². The number of nitrogens with zero attached hydrogens (tertiary/aromatic N) is 1. The summed E-state index contributed by atoms with van der Waals surface area (Å²) in [6.45, 7) is 5.18. The average Bonchev–Trinajstić information content (AvgIpc) is 2.55. The summed E-state index contributed by atoms with van der Waals surface area (Å²) in [6, 6.07) is 13.3. The van der Waals surface area contributed by atoms with E-state index in [1.54, 1.807) is 12.1 Å². The van der Waals surface area contributed by atoms with Gasteiger partial charge in [-0.15, -0.1) is 0 Å². The maximum atomic E-state index is 13.2. The van der Waals surface area contributed by atoms with Crippen molar-refractivity contribution >= 4 is 39.1 Å². The van der Waals surface area contributed by atoms with E-state index in [1.807, 2.05) is 39.0 Å². The molecule has 1 amide bonds. The molecule has 0 heterocycles. The second-order valence-electron chi connectivity index (χ2n) is 7.13. The molecule has 8 heteroatoms. The van der Waals surface area contributed by atoms with Crippen LogP contribution in [0.4, 0.5) is 0 Å². The fourth-order valence-corrected chi connectivity index (χ4v) is 4.57. The van der Waals surface area contributed by atoms with Gasteiger partial charge in [0.1, 0.15) is 4.90 Å². The SMILES string of the molecule is CC(C)(C)NC(=O)CN(Cc1ccccc1)S(=O)(=O)c1cc(Cl)ccc1Cl. The Morgan fingerprint density at radius 3 is 2.30 bits per heavy atom. The minimum Gasteiger partial charge on any atom is -0.350 e. The van der Waals surface area contributed by atoms with E-state index in [4.69, 9.17) is 23.2 Å². The molecule has 146 valence electrons. The maximum Gasteiger partial charge on any atom is 0.245 e. The highest BCUT2D eigenvalue weighted by molar-refractivity contribution is 7.89. The number of benzene rings is 2. The maximum absolute atomic E-state index is 13.2. The number of carbonyl (C=O) groups is 1. The zero-order valence-corrected chi connectivity index (χ0v) is 17.7. The van der Waals surface area contributed by atoms with Gasteiger partial charge >= 0.3 is 0 Å². The summed E-state index contributed by atoms with van der Waals surface area (Å²) in [5, 5.41) is 3.08. The van der Waals surface area contributed by atoms with Gasteiger partial charge in [0.15, 0.2) is 0 Å². The van der Waals surface area contributed by atoms with Gasteiger partial charge in [-0.1, -0.05) is 53.5 Å². The number of carbonyl (C=O) groups excluding carboxylic acids is 1. The van der Waals surface area contributed by atoms with Gasteiger partial charge < -0.3 is 5.32 Å². The Bertz CT molecular complexity index is 910. The van der Waals surface area contributed by atoms with Gasteiger partial charge in [0.25, 0.3) is 0 Å². The van der Waals surface area contributed by atoms with Crippen molar-refractivity contribution in [2.45, 2.75) is 37.8 Å². The first-order valence-corrected chi connectivity index (χ1v) is 10.5. The molecule has 0 spiro atoms. The summed E-state index contributed by atoms with van der Waals surface area (Å²) >= 11 is 12.1. The van der Waals surface area contributed by atoms with E-state index in [1.165, 1.54) is 18.2 Å². The normalized spacial score (nSPS) is 12.2. The summed E-state index contributed by atoms with van der Waals surface area (Å²) in [7, 11) is -4.05. The predicted octanol–water partition coefficient (Wildman–Crippen LogP) is 4.10. The molecule has 1 N–H and O–H groups in total. The van der Waals surface area contributed by atoms with Gasteiger partial charge in [0, 0.05) is 17.1 Å². The van der Waals surface area contributed by atoms with E-state index >= 15 is 0 Å². The van der Waals surface area contributed by atoms with Gasteiger partial charge in [-0.05, 0) is 44.5 Å². The Labute approximate surface area is 170 Å². The summed E-state index contributed by atoms with van der Waals surface area (Å²) < 4.78 is 27.5. The van der Waals surface area contributed by atoms with Gasteiger partial charge in [-0.3, -0.25) is 4.79 Å². The van der Waals surface area contributed by atoms with E-state index in [0.29, 0.717) is 0 Å². The van der Waals surface area contributed by atoms with Gasteiger partial charge in [-0.25, -0.2) is 8.42 Å². The van der Waals surface area contributed by atoms with Gasteiger partial charge in [0.2, 0.25) is 15.9 Å². The fraction of sp³-hybridized carbons (Fsp3) is 0.316. The Morgan fingerprint density at radius 1 is 1.07 bits per heavy atom. The predicted molar refractivity (Wildman–Crippen MR) is 108 cm³/mol. The van der Waals surface area contributed by atoms with Crippen LogP contribution in [-0.4, -0.2) is 30.7 Å². The number of rotatable bonds is 6. The van der Waals surface area contributed by atoms with Gasteiger partial charge in [-0.2, -0.15) is 4.31 Å². The molecular formula is C19H22Cl2N2O3S. The van der Waals surface area contributed by atoms with Gasteiger partial charge in [0.05, 0.1) is 11.6 Å². The molecule has 5 nitrogen and oxygen atoms in total. The Kier molecular flexibility index (Phi) is 6.92. The van der Waals surface area contributed by atoms with Crippen molar-refractivity contribution in [1.29, 1.82) is 0 Å². The molecule has 0 saturated heterocycles. The second kappa shape index (κ2) is 8.61. The molecular weight excluding hydrogens is 407 g/mol. The van der Waals surface area contributed by atoms with Crippen LogP contribution >= 0.6 is 23.2 Å². The number of sulfonamides is 1. The van der Waals surface area contributed by atoms with Crippen molar-refractivity contribution in [2.24, 2.45) is 0 Å². The van der Waals surface area contributed by atoms with Crippen LogP contribution in [0.15, 0.2) is 53.4 Å². The standard InChI is InChI=1S/C19H22Cl2N2O3S/c1-19(2,3)22-18(24)13-23(12-14-7-5-4-6-8-14)27(25,26)17-11-15(20)9-10-16(17)21/h4-11H,12-13H2,1-3H3,(H,22,24). The Morgan fingerprint density at radius 2 is 1.70 bits per heavy atom. The molecule has 0 fully saturated rings. The van der Waals surface area contributed by atoms with Crippen LogP contribution < -0.4 is 5.32 Å². The molecule has 0 aliphatic heterocycles. The molecule has 0 aromatic heterocycles. The third kappa shape index (κ3) is 6.21. The van der Waals surface area contributed by atoms with E-state index in [2.05, 4.69) is 5.32 Å². The Hall–Kier alpha value is -1.60. The van der Waals surface area contributed by atoms with E-state index in [-0.39, 0.29) is 28.0 Å². The van der Waals surface area contributed by atoms with Crippen LogP contribution in [0.3, 0.4) is 0 Å². The number of nitrogens with one attached hydrogen (secondary N) is 1. The summed E-state index contributed by atoms with van der Waals surface area (Å²) in [6.07, 6.45) is 0. The molecule has 0 aliphatic carbocycles. The molecule has 0 aliphatic rings. The zero-order valence-electron chi connectivity index (χ0n) is 15.4. The summed E-state index contributed by atoms with van der Waals surface area (Å²) in [5.41, 5.74) is 0.273. The minimum atomic E-state index is -4.05. The van der Waals surface area contributed by atoms with Crippen LogP contribution in [-0.2, 0) is 21.4 Å². The first-order chi connectivity index (χ1) is 12.5. The quantitative estimate of drug-likeness (QED) is 0.752. The summed E-state index contributed by atoms with van der Waals surface area (Å²) in [4.78, 5) is 12.3. The summed E-state index contributed by atoms with van der Waals surface area (Å²) in [5.74, 6) is -0.403. The lowest BCUT2D eigenvalue weighted by Gasteiger charge is -2.26. The lowest BCUT2D eigenvalue weighted by Crippen LogP contribution is -2.47. The molecule has 0 saturated carbocycles. The number of halogens is 2. The van der Waals surface area contributed by atoms with Crippen LogP contribution in [0.1, 0.15) is 26.3 Å². The largest absolute Gasteiger partial charge is 0.350 e. The lowest BCUT2D eigenvalue weighted by molar-refractivity contribution is -0.122. The highest BCUT2D eigenvalue weighted by atomic mass is 35.5. The number of hydrogen-bond acceptors (Lipinski definition) is 3. The number of hydrogen-bond donors (Lipinski definition) is 1. The minimum absolute atomic E-state index is 0.0313. The van der Waals surface area contributed by atoms with Crippen LogP contribution in [0.5, 0.6) is 0 Å². The highest BCUT2D eigenvalue weighted by Crippen LogP contribution is 2.28. The van der Waals surface area contributed by atoms with E-state index < -0.39 is 21.5 Å². The fourth-order valence-electron chi connectivity index (χ4n) is 2.44. The van der Waals surface area contributed by atoms with Crippen molar-refractivity contribution in [3.05, 3.63) is 64.1 Å². The molecule has 27 heavy (non-hydrogen) atoms. The molecule has 0 atom stereocenters. The molecule has 0 bridgehead atoms. The zero-order chi connectivity index (χ0) is 20.2. The second-order valence-corrected chi connectivity index (χ2v) is 9.88. The molecule has 2 aromatic rings. The van der Waals surface area contributed by atoms with Crippen molar-refractivity contribution in [3.8, 4) is 0 Å². The first-order valence-electron chi connectivity index (χ1n) is 8.29. The van der Waals surface area contributed by atoms with E-state index in [0.717, 1.165) is 9.87 Å². The molecule has 0 unspecified atom stereocenters. The molecule has 2 rings (SSSR count). The number of amides is 1. The third-order valence-corrected chi connectivity index (χ3v) is 6.06. The van der Waals surface area contributed by atoms with Crippen molar-refractivity contribution in [1.82, 2.24) is 9.62 Å². The monoisotopic (exact) mass is 428 g/mol. The highest BCUT2D eigenvalue weighted by Gasteiger charge is 2.30. The van der Waals surface area contributed by atoms with Crippen LogP contribution in [0.25, 0.3) is 0 Å². The molecule has 0 radical (unpaired) electrons. The molecule has 2 aromatic carbocycles. The average molecular weight is 429 g/mol. The van der Waals surface area contributed by atoms with Crippen molar-refractivity contribution < 1.29 is 13.2 Å². The first kappa shape index (κ1) is 21.7. The smallest absolute Gasteiger partial charge is 0.245 e. The third-order valence-electron chi connectivity index (χ3n) is 3.55. The van der Waals surface area contributed by atoms with Crippen molar-refractivity contribution in [2.75, 3.05) is 6.54 Å². The Balaban J connectivity index is 2.41. The lowest BCUT2D eigenvalue weighted by atomic mass is 10.1. The van der Waals surface area contributed by atoms with E-state index in [9.17, 15) is 13.2 Å². The topological polar surface area (TPSA) is 66.5 Å².